The second-order valence-corrected chi connectivity index (χ2v) is 7.19. The molecule has 4 rings (SSSR count). The molecule has 0 saturated carbocycles. The zero-order valence-corrected chi connectivity index (χ0v) is 16.8. The van der Waals surface area contributed by atoms with Crippen LogP contribution in [0.3, 0.4) is 0 Å². The maximum atomic E-state index is 12.8. The van der Waals surface area contributed by atoms with Gasteiger partial charge in [0, 0.05) is 28.9 Å². The van der Waals surface area contributed by atoms with Crippen molar-refractivity contribution in [3.63, 3.8) is 0 Å². The highest BCUT2D eigenvalue weighted by Gasteiger charge is 2.32. The Morgan fingerprint density at radius 1 is 1.19 bits per heavy atom. The fourth-order valence-electron chi connectivity index (χ4n) is 3.70. The van der Waals surface area contributed by atoms with Gasteiger partial charge in [-0.25, -0.2) is 9.97 Å². The minimum absolute atomic E-state index is 0.222. The number of aromatic nitrogens is 2. The molecule has 2 N–H and O–H groups in total. The SMILES string of the molecule is C#Cc1cccc(Nc2ncnc3ccc(NC(=O)[C@@H]4CCCN4C(=O)C=C)cc23)c1. The van der Waals surface area contributed by atoms with Crippen LogP contribution in [0.5, 0.6) is 0 Å². The number of nitrogens with one attached hydrogen (secondary N) is 2. The molecule has 7 nitrogen and oxygen atoms in total. The fourth-order valence-corrected chi connectivity index (χ4v) is 3.70. The van der Waals surface area contributed by atoms with E-state index in [1.807, 2.05) is 36.4 Å². The quantitative estimate of drug-likeness (QED) is 0.496. The number of nitrogens with zero attached hydrogens (tertiary/aromatic N) is 3. The van der Waals surface area contributed by atoms with E-state index < -0.39 is 6.04 Å². The summed E-state index contributed by atoms with van der Waals surface area (Å²) in [5, 5.41) is 6.93. The monoisotopic (exact) mass is 411 g/mol. The summed E-state index contributed by atoms with van der Waals surface area (Å²) in [6, 6.07) is 12.4. The van der Waals surface area contributed by atoms with Gasteiger partial charge in [-0.2, -0.15) is 0 Å². The van der Waals surface area contributed by atoms with Gasteiger partial charge >= 0.3 is 0 Å². The molecule has 1 aliphatic rings. The van der Waals surface area contributed by atoms with Crippen molar-refractivity contribution in [2.45, 2.75) is 18.9 Å². The summed E-state index contributed by atoms with van der Waals surface area (Å²) in [5.41, 5.74) is 2.89. The highest BCUT2D eigenvalue weighted by molar-refractivity contribution is 6.01. The summed E-state index contributed by atoms with van der Waals surface area (Å²) in [6.07, 6.45) is 9.62. The lowest BCUT2D eigenvalue weighted by Gasteiger charge is -2.22. The van der Waals surface area contributed by atoms with E-state index in [1.165, 1.54) is 12.4 Å². The highest BCUT2D eigenvalue weighted by Crippen LogP contribution is 2.27. The normalized spacial score (nSPS) is 15.3. The molecule has 0 radical (unpaired) electrons. The number of hydrogen-bond donors (Lipinski definition) is 2. The first-order chi connectivity index (χ1) is 15.1. The van der Waals surface area contributed by atoms with Crippen LogP contribution in [0, 0.1) is 12.3 Å². The van der Waals surface area contributed by atoms with Crippen LogP contribution < -0.4 is 10.6 Å². The molecule has 2 amide bonds. The lowest BCUT2D eigenvalue weighted by Crippen LogP contribution is -2.42. The number of rotatable bonds is 5. The van der Waals surface area contributed by atoms with Gasteiger partial charge in [0.2, 0.25) is 11.8 Å². The Hall–Kier alpha value is -4.18. The van der Waals surface area contributed by atoms with E-state index in [1.54, 1.807) is 11.0 Å². The Morgan fingerprint density at radius 3 is 2.87 bits per heavy atom. The molecular formula is C24H21N5O2. The molecule has 2 heterocycles. The molecule has 0 unspecified atom stereocenters. The Bertz CT molecular complexity index is 1210. The van der Waals surface area contributed by atoms with Crippen molar-refractivity contribution in [2.24, 2.45) is 0 Å². The number of fused-ring (bicyclic) bond motifs is 1. The minimum atomic E-state index is -0.502. The second kappa shape index (κ2) is 8.67. The third kappa shape index (κ3) is 4.23. The van der Waals surface area contributed by atoms with E-state index in [4.69, 9.17) is 6.42 Å². The van der Waals surface area contributed by atoms with Crippen molar-refractivity contribution in [1.82, 2.24) is 14.9 Å². The first-order valence-corrected chi connectivity index (χ1v) is 9.91. The number of hydrogen-bond acceptors (Lipinski definition) is 5. The molecule has 1 atom stereocenters. The summed E-state index contributed by atoms with van der Waals surface area (Å²) in [6.45, 7) is 4.07. The molecule has 7 heteroatoms. The molecular weight excluding hydrogens is 390 g/mol. The molecule has 0 spiro atoms. The zero-order chi connectivity index (χ0) is 21.8. The molecule has 1 aliphatic heterocycles. The van der Waals surface area contributed by atoms with E-state index in [-0.39, 0.29) is 11.8 Å². The predicted octanol–water partition coefficient (Wildman–Crippen LogP) is 3.47. The fraction of sp³-hybridized carbons (Fsp3) is 0.167. The molecule has 1 aromatic heterocycles. The van der Waals surface area contributed by atoms with Crippen LogP contribution in [-0.4, -0.2) is 39.3 Å². The summed E-state index contributed by atoms with van der Waals surface area (Å²) in [7, 11) is 0. The van der Waals surface area contributed by atoms with Gasteiger partial charge in [0.05, 0.1) is 5.52 Å². The maximum absolute atomic E-state index is 12.8. The van der Waals surface area contributed by atoms with Crippen LogP contribution in [0.4, 0.5) is 17.2 Å². The number of likely N-dealkylation sites (tertiary alicyclic amines) is 1. The van der Waals surface area contributed by atoms with Gasteiger partial charge in [-0.15, -0.1) is 6.42 Å². The number of terminal acetylenes is 1. The van der Waals surface area contributed by atoms with Crippen molar-refractivity contribution in [1.29, 1.82) is 0 Å². The van der Waals surface area contributed by atoms with Crippen molar-refractivity contribution in [2.75, 3.05) is 17.2 Å². The van der Waals surface area contributed by atoms with Gasteiger partial charge in [-0.1, -0.05) is 18.6 Å². The van der Waals surface area contributed by atoms with Gasteiger partial charge in [0.15, 0.2) is 0 Å². The Labute approximate surface area is 180 Å². The molecule has 3 aromatic rings. The van der Waals surface area contributed by atoms with Crippen LogP contribution in [0.25, 0.3) is 10.9 Å². The molecule has 0 aliphatic carbocycles. The summed E-state index contributed by atoms with van der Waals surface area (Å²) in [5.74, 6) is 2.75. The standard InChI is InChI=1S/C24H21N5O2/c1-3-16-7-5-8-17(13-16)27-23-19-14-18(10-11-20(19)25-15-26-23)28-24(31)21-9-6-12-29(21)22(30)4-2/h1,4-5,7-8,10-11,13-15,21H,2,6,9,12H2,(H,28,31)(H,25,26,27)/t21-/m0/s1. The van der Waals surface area contributed by atoms with E-state index in [0.29, 0.717) is 24.5 Å². The average molecular weight is 411 g/mol. The molecule has 0 bridgehead atoms. The maximum Gasteiger partial charge on any atom is 0.247 e. The molecule has 31 heavy (non-hydrogen) atoms. The second-order valence-electron chi connectivity index (χ2n) is 7.19. The highest BCUT2D eigenvalue weighted by atomic mass is 16.2. The van der Waals surface area contributed by atoms with Gasteiger partial charge in [0.1, 0.15) is 18.2 Å². The first-order valence-electron chi connectivity index (χ1n) is 9.91. The topological polar surface area (TPSA) is 87.2 Å². The van der Waals surface area contributed by atoms with E-state index in [0.717, 1.165) is 28.6 Å². The largest absolute Gasteiger partial charge is 0.340 e. The first kappa shape index (κ1) is 20.1. The Kier molecular flexibility index (Phi) is 5.63. The Balaban J connectivity index is 1.59. The molecule has 1 fully saturated rings. The molecule has 2 aromatic carbocycles. The lowest BCUT2D eigenvalue weighted by molar-refractivity contribution is -0.132. The average Bonchev–Trinajstić information content (AvgIpc) is 3.29. The van der Waals surface area contributed by atoms with E-state index in [9.17, 15) is 9.59 Å². The smallest absolute Gasteiger partial charge is 0.247 e. The summed E-state index contributed by atoms with van der Waals surface area (Å²) in [4.78, 5) is 35.0. The predicted molar refractivity (Wildman–Crippen MR) is 121 cm³/mol. The Morgan fingerprint density at radius 2 is 2.06 bits per heavy atom. The van der Waals surface area contributed by atoms with Crippen molar-refractivity contribution < 1.29 is 9.59 Å². The number of carbonyl (C=O) groups is 2. The van der Waals surface area contributed by atoms with Gasteiger partial charge in [0.25, 0.3) is 0 Å². The van der Waals surface area contributed by atoms with Crippen molar-refractivity contribution in [3.05, 3.63) is 67.0 Å². The number of benzene rings is 2. The van der Waals surface area contributed by atoms with Crippen LogP contribution in [0.15, 0.2) is 61.4 Å². The molecule has 154 valence electrons. The summed E-state index contributed by atoms with van der Waals surface area (Å²) >= 11 is 0. The van der Waals surface area contributed by atoms with Crippen LogP contribution in [0.2, 0.25) is 0 Å². The van der Waals surface area contributed by atoms with Crippen LogP contribution >= 0.6 is 0 Å². The number of amides is 2. The van der Waals surface area contributed by atoms with E-state index >= 15 is 0 Å². The van der Waals surface area contributed by atoms with Gasteiger partial charge < -0.3 is 15.5 Å². The lowest BCUT2D eigenvalue weighted by atomic mass is 10.1. The minimum Gasteiger partial charge on any atom is -0.340 e. The molecule has 1 saturated heterocycles. The van der Waals surface area contributed by atoms with Gasteiger partial charge in [-0.05, 0) is 55.3 Å². The van der Waals surface area contributed by atoms with Crippen molar-refractivity contribution >= 4 is 39.9 Å². The van der Waals surface area contributed by atoms with Gasteiger partial charge in [-0.3, -0.25) is 9.59 Å². The van der Waals surface area contributed by atoms with Crippen LogP contribution in [-0.2, 0) is 9.59 Å². The zero-order valence-electron chi connectivity index (χ0n) is 16.8. The number of carbonyl (C=O) groups excluding carboxylic acids is 2. The summed E-state index contributed by atoms with van der Waals surface area (Å²) < 4.78 is 0. The van der Waals surface area contributed by atoms with Crippen molar-refractivity contribution in [3.8, 4) is 12.3 Å². The van der Waals surface area contributed by atoms with E-state index in [2.05, 4.69) is 33.1 Å². The number of anilines is 3. The van der Waals surface area contributed by atoms with Crippen LogP contribution in [0.1, 0.15) is 18.4 Å². The third-order valence-corrected chi connectivity index (χ3v) is 5.21. The third-order valence-electron chi connectivity index (χ3n) is 5.21.